The third-order valence-corrected chi connectivity index (χ3v) is 4.45. The van der Waals surface area contributed by atoms with Crippen LogP contribution in [0.4, 0.5) is 0 Å². The Morgan fingerprint density at radius 1 is 1.56 bits per heavy atom. The molecule has 1 unspecified atom stereocenters. The molecule has 4 nitrogen and oxygen atoms in total. The molecule has 0 radical (unpaired) electrons. The van der Waals surface area contributed by atoms with Crippen LogP contribution in [-0.2, 0) is 14.6 Å². The fraction of sp³-hybridized carbons (Fsp3) is 0.727. The molecule has 1 heterocycles. The van der Waals surface area contributed by atoms with Crippen molar-refractivity contribution in [2.45, 2.75) is 32.2 Å². The molecule has 1 saturated heterocycles. The Labute approximate surface area is 96.9 Å². The topological polar surface area (TPSA) is 54.5 Å². The molecule has 0 aromatic heterocycles. The van der Waals surface area contributed by atoms with Crippen molar-refractivity contribution in [3.05, 3.63) is 0 Å². The van der Waals surface area contributed by atoms with Crippen molar-refractivity contribution in [2.75, 3.05) is 18.1 Å². The van der Waals surface area contributed by atoms with Crippen LogP contribution in [0, 0.1) is 12.3 Å². The van der Waals surface area contributed by atoms with E-state index in [9.17, 15) is 13.2 Å². The summed E-state index contributed by atoms with van der Waals surface area (Å²) < 4.78 is 22.7. The summed E-state index contributed by atoms with van der Waals surface area (Å²) in [6.45, 7) is 2.12. The number of terminal acetylenes is 1. The zero-order valence-electron chi connectivity index (χ0n) is 9.48. The molecule has 1 fully saturated rings. The smallest absolute Gasteiger partial charge is 0.223 e. The molecular formula is C11H17NO3S. The molecule has 0 saturated carbocycles. The monoisotopic (exact) mass is 243 g/mol. The maximum absolute atomic E-state index is 11.8. The predicted octanol–water partition coefficient (Wildman–Crippen LogP) is 0.435. The Balaban J connectivity index is 2.72. The van der Waals surface area contributed by atoms with E-state index in [4.69, 9.17) is 6.42 Å². The lowest BCUT2D eigenvalue weighted by molar-refractivity contribution is -0.132. The lowest BCUT2D eigenvalue weighted by Crippen LogP contribution is -2.41. The van der Waals surface area contributed by atoms with Gasteiger partial charge in [0.25, 0.3) is 0 Å². The van der Waals surface area contributed by atoms with Crippen molar-refractivity contribution in [1.82, 2.24) is 4.90 Å². The lowest BCUT2D eigenvalue weighted by atomic mass is 10.2. The minimum atomic E-state index is -2.97. The fourth-order valence-corrected chi connectivity index (χ4v) is 3.63. The predicted molar refractivity (Wildman–Crippen MR) is 62.5 cm³/mol. The van der Waals surface area contributed by atoms with E-state index in [1.165, 1.54) is 4.90 Å². The highest BCUT2D eigenvalue weighted by atomic mass is 32.2. The first-order valence-electron chi connectivity index (χ1n) is 5.43. The molecule has 0 aromatic rings. The number of amides is 1. The van der Waals surface area contributed by atoms with Gasteiger partial charge in [-0.25, -0.2) is 8.42 Å². The molecule has 1 atom stereocenters. The molecule has 0 bridgehead atoms. The molecule has 0 aromatic carbocycles. The summed E-state index contributed by atoms with van der Waals surface area (Å²) in [5, 5.41) is 0. The van der Waals surface area contributed by atoms with Crippen molar-refractivity contribution in [2.24, 2.45) is 0 Å². The maximum atomic E-state index is 11.8. The summed E-state index contributed by atoms with van der Waals surface area (Å²) in [4.78, 5) is 13.3. The Hall–Kier alpha value is -1.02. The molecule has 90 valence electrons. The molecule has 16 heavy (non-hydrogen) atoms. The zero-order valence-corrected chi connectivity index (χ0v) is 10.3. The van der Waals surface area contributed by atoms with Gasteiger partial charge in [-0.3, -0.25) is 4.79 Å². The van der Waals surface area contributed by atoms with E-state index < -0.39 is 9.84 Å². The van der Waals surface area contributed by atoms with Gasteiger partial charge in [-0.15, -0.1) is 6.42 Å². The fourth-order valence-electron chi connectivity index (χ4n) is 1.90. The molecular weight excluding hydrogens is 226 g/mol. The van der Waals surface area contributed by atoms with Gasteiger partial charge in [-0.2, -0.15) is 0 Å². The number of nitrogens with zero attached hydrogens (tertiary/aromatic N) is 1. The summed E-state index contributed by atoms with van der Waals surface area (Å²) in [5.74, 6) is 2.61. The number of hydrogen-bond donors (Lipinski definition) is 0. The number of rotatable bonds is 4. The van der Waals surface area contributed by atoms with Crippen molar-refractivity contribution in [3.8, 4) is 12.3 Å². The van der Waals surface area contributed by atoms with Gasteiger partial charge < -0.3 is 4.90 Å². The second-order valence-corrected chi connectivity index (χ2v) is 6.26. The van der Waals surface area contributed by atoms with Gasteiger partial charge >= 0.3 is 0 Å². The van der Waals surface area contributed by atoms with Gasteiger partial charge in [0.1, 0.15) is 0 Å². The van der Waals surface area contributed by atoms with Crippen LogP contribution in [0.3, 0.4) is 0 Å². The van der Waals surface area contributed by atoms with Gasteiger partial charge in [0, 0.05) is 12.5 Å². The average molecular weight is 243 g/mol. The minimum Gasteiger partial charge on any atom is -0.328 e. The summed E-state index contributed by atoms with van der Waals surface area (Å²) in [7, 11) is -2.97. The first-order valence-corrected chi connectivity index (χ1v) is 7.25. The van der Waals surface area contributed by atoms with Crippen LogP contribution in [0.1, 0.15) is 26.2 Å². The standard InChI is InChI=1S/C11H17NO3S/c1-3-5-11(13)12(7-4-2)10-6-8-16(14,15)9-10/h2,10H,3,5-9H2,1H3. The molecule has 0 aliphatic carbocycles. The van der Waals surface area contributed by atoms with Gasteiger partial charge in [0.15, 0.2) is 9.84 Å². The average Bonchev–Trinajstić information content (AvgIpc) is 2.55. The van der Waals surface area contributed by atoms with Crippen LogP contribution in [0.5, 0.6) is 0 Å². The van der Waals surface area contributed by atoms with E-state index in [2.05, 4.69) is 5.92 Å². The number of hydrogen-bond acceptors (Lipinski definition) is 3. The van der Waals surface area contributed by atoms with E-state index >= 15 is 0 Å². The van der Waals surface area contributed by atoms with Crippen LogP contribution >= 0.6 is 0 Å². The third-order valence-electron chi connectivity index (χ3n) is 2.70. The Morgan fingerprint density at radius 3 is 2.69 bits per heavy atom. The molecule has 1 amide bonds. The summed E-state index contributed by atoms with van der Waals surface area (Å²) in [6, 6.07) is -0.222. The second-order valence-electron chi connectivity index (χ2n) is 4.03. The minimum absolute atomic E-state index is 0.0393. The highest BCUT2D eigenvalue weighted by Gasteiger charge is 2.33. The molecule has 0 N–H and O–H groups in total. The molecule has 1 aliphatic rings. The maximum Gasteiger partial charge on any atom is 0.223 e. The van der Waals surface area contributed by atoms with E-state index in [-0.39, 0.29) is 30.0 Å². The number of sulfone groups is 1. The van der Waals surface area contributed by atoms with E-state index in [0.717, 1.165) is 6.42 Å². The number of carbonyl (C=O) groups excluding carboxylic acids is 1. The number of carbonyl (C=O) groups is 1. The quantitative estimate of drug-likeness (QED) is 0.673. The lowest BCUT2D eigenvalue weighted by Gasteiger charge is -2.26. The van der Waals surface area contributed by atoms with Gasteiger partial charge in [-0.05, 0) is 12.8 Å². The summed E-state index contributed by atoms with van der Waals surface area (Å²) >= 11 is 0. The Kier molecular flexibility index (Phi) is 4.36. The van der Waals surface area contributed by atoms with E-state index in [1.54, 1.807) is 0 Å². The largest absolute Gasteiger partial charge is 0.328 e. The molecule has 1 rings (SSSR count). The van der Waals surface area contributed by atoms with E-state index in [1.807, 2.05) is 6.92 Å². The summed E-state index contributed by atoms with van der Waals surface area (Å²) in [5.41, 5.74) is 0. The highest BCUT2D eigenvalue weighted by Crippen LogP contribution is 2.18. The van der Waals surface area contributed by atoms with Crippen molar-refractivity contribution in [3.63, 3.8) is 0 Å². The van der Waals surface area contributed by atoms with Crippen LogP contribution < -0.4 is 0 Å². The zero-order chi connectivity index (χ0) is 12.2. The molecule has 0 spiro atoms. The van der Waals surface area contributed by atoms with E-state index in [0.29, 0.717) is 12.8 Å². The van der Waals surface area contributed by atoms with Crippen LogP contribution in [0.2, 0.25) is 0 Å². The van der Waals surface area contributed by atoms with Crippen LogP contribution in [0.25, 0.3) is 0 Å². The highest BCUT2D eigenvalue weighted by molar-refractivity contribution is 7.91. The Morgan fingerprint density at radius 2 is 2.25 bits per heavy atom. The van der Waals surface area contributed by atoms with Gasteiger partial charge in [0.05, 0.1) is 18.1 Å². The van der Waals surface area contributed by atoms with Crippen LogP contribution in [0.15, 0.2) is 0 Å². The van der Waals surface area contributed by atoms with Gasteiger partial charge in [0.2, 0.25) is 5.91 Å². The molecule has 1 aliphatic heterocycles. The van der Waals surface area contributed by atoms with Crippen LogP contribution in [-0.4, -0.2) is 43.3 Å². The molecule has 5 heteroatoms. The normalized spacial score (nSPS) is 22.6. The first-order chi connectivity index (χ1) is 7.50. The van der Waals surface area contributed by atoms with Gasteiger partial charge in [-0.1, -0.05) is 12.8 Å². The Bertz CT molecular complexity index is 394. The van der Waals surface area contributed by atoms with Crippen molar-refractivity contribution in [1.29, 1.82) is 0 Å². The second kappa shape index (κ2) is 5.35. The summed E-state index contributed by atoms with van der Waals surface area (Å²) in [6.07, 6.45) is 6.90. The first kappa shape index (κ1) is 13.0. The van der Waals surface area contributed by atoms with Crippen molar-refractivity contribution < 1.29 is 13.2 Å². The third kappa shape index (κ3) is 3.24. The van der Waals surface area contributed by atoms with Crippen molar-refractivity contribution >= 4 is 15.7 Å². The SMILES string of the molecule is C#CCN(C(=O)CCC)C1CCS(=O)(=O)C1.